The van der Waals surface area contributed by atoms with Crippen LogP contribution >= 0.6 is 0 Å². The third kappa shape index (κ3) is 2.27. The lowest BCUT2D eigenvalue weighted by molar-refractivity contribution is 0.293. The molecule has 96 valence electrons. The van der Waals surface area contributed by atoms with Crippen molar-refractivity contribution < 1.29 is 0 Å². The summed E-state index contributed by atoms with van der Waals surface area (Å²) in [6.07, 6.45) is 8.79. The van der Waals surface area contributed by atoms with E-state index in [1.807, 2.05) is 0 Å². The number of anilines is 1. The quantitative estimate of drug-likeness (QED) is 0.893. The largest absolute Gasteiger partial charge is 0.368 e. The fourth-order valence-electron chi connectivity index (χ4n) is 2.79. The molecule has 0 aromatic carbocycles. The summed E-state index contributed by atoms with van der Waals surface area (Å²) >= 11 is 0. The SMILES string of the molecule is CC1CCCC(CNc2cncc3nnnn23)C1. The van der Waals surface area contributed by atoms with Crippen molar-refractivity contribution in [3.05, 3.63) is 12.4 Å². The average Bonchev–Trinajstić information content (AvgIpc) is 2.85. The van der Waals surface area contributed by atoms with Gasteiger partial charge < -0.3 is 5.32 Å². The minimum Gasteiger partial charge on any atom is -0.368 e. The molecule has 0 radical (unpaired) electrons. The fourth-order valence-corrected chi connectivity index (χ4v) is 2.79. The molecule has 1 fully saturated rings. The van der Waals surface area contributed by atoms with E-state index in [2.05, 4.69) is 32.7 Å². The average molecular weight is 246 g/mol. The topological polar surface area (TPSA) is 68.0 Å². The van der Waals surface area contributed by atoms with Crippen LogP contribution in [0.25, 0.3) is 5.65 Å². The highest BCUT2D eigenvalue weighted by molar-refractivity contribution is 5.43. The molecular formula is C12H18N6. The van der Waals surface area contributed by atoms with Crippen LogP contribution in [0.3, 0.4) is 0 Å². The van der Waals surface area contributed by atoms with Gasteiger partial charge >= 0.3 is 0 Å². The zero-order valence-electron chi connectivity index (χ0n) is 10.6. The number of nitrogens with one attached hydrogen (secondary N) is 1. The summed E-state index contributed by atoms with van der Waals surface area (Å²) in [6, 6.07) is 0. The number of tetrazole rings is 1. The lowest BCUT2D eigenvalue weighted by Gasteiger charge is -2.26. The Kier molecular flexibility index (Phi) is 3.08. The number of nitrogens with zero attached hydrogens (tertiary/aromatic N) is 5. The first-order chi connectivity index (χ1) is 8.83. The van der Waals surface area contributed by atoms with Crippen molar-refractivity contribution in [2.24, 2.45) is 11.8 Å². The van der Waals surface area contributed by atoms with Crippen LogP contribution in [0.1, 0.15) is 32.6 Å². The Balaban J connectivity index is 1.67. The first kappa shape index (κ1) is 11.4. The monoisotopic (exact) mass is 246 g/mol. The normalized spacial score (nSPS) is 24.3. The van der Waals surface area contributed by atoms with Crippen LogP contribution in [-0.2, 0) is 0 Å². The van der Waals surface area contributed by atoms with Gasteiger partial charge in [-0.05, 0) is 35.1 Å². The molecule has 6 nitrogen and oxygen atoms in total. The molecule has 0 spiro atoms. The molecule has 0 amide bonds. The Hall–Kier alpha value is -1.72. The maximum absolute atomic E-state index is 4.14. The first-order valence-corrected chi connectivity index (χ1v) is 6.59. The Morgan fingerprint density at radius 2 is 2.33 bits per heavy atom. The van der Waals surface area contributed by atoms with Gasteiger partial charge in [-0.2, -0.15) is 4.52 Å². The number of rotatable bonds is 3. The zero-order valence-corrected chi connectivity index (χ0v) is 10.6. The summed E-state index contributed by atoms with van der Waals surface area (Å²) < 4.78 is 1.69. The Morgan fingerprint density at radius 3 is 3.22 bits per heavy atom. The smallest absolute Gasteiger partial charge is 0.199 e. The molecule has 0 aliphatic heterocycles. The van der Waals surface area contributed by atoms with Crippen molar-refractivity contribution in [3.8, 4) is 0 Å². The standard InChI is InChI=1S/C12H18N6/c1-9-3-2-4-10(5-9)6-14-11-7-13-8-12-15-16-17-18(11)12/h7-10,14H,2-6H2,1H3. The van der Waals surface area contributed by atoms with Crippen molar-refractivity contribution in [2.75, 3.05) is 11.9 Å². The van der Waals surface area contributed by atoms with Crippen molar-refractivity contribution in [1.82, 2.24) is 25.0 Å². The second-order valence-corrected chi connectivity index (χ2v) is 5.26. The zero-order chi connectivity index (χ0) is 12.4. The minimum absolute atomic E-state index is 0.678. The van der Waals surface area contributed by atoms with Gasteiger partial charge in [-0.3, -0.25) is 4.98 Å². The Morgan fingerprint density at radius 1 is 1.39 bits per heavy atom. The van der Waals surface area contributed by atoms with Gasteiger partial charge in [-0.1, -0.05) is 19.8 Å². The second-order valence-electron chi connectivity index (χ2n) is 5.26. The highest BCUT2D eigenvalue weighted by atomic mass is 15.5. The first-order valence-electron chi connectivity index (χ1n) is 6.59. The summed E-state index contributed by atoms with van der Waals surface area (Å²) in [7, 11) is 0. The van der Waals surface area contributed by atoms with E-state index in [1.165, 1.54) is 25.7 Å². The van der Waals surface area contributed by atoms with Crippen LogP contribution in [0.2, 0.25) is 0 Å². The summed E-state index contributed by atoms with van der Waals surface area (Å²) in [4.78, 5) is 4.14. The summed E-state index contributed by atoms with van der Waals surface area (Å²) in [5, 5.41) is 14.9. The molecule has 1 N–H and O–H groups in total. The van der Waals surface area contributed by atoms with E-state index in [-0.39, 0.29) is 0 Å². The van der Waals surface area contributed by atoms with E-state index >= 15 is 0 Å². The van der Waals surface area contributed by atoms with Crippen molar-refractivity contribution in [1.29, 1.82) is 0 Å². The number of fused-ring (bicyclic) bond motifs is 1. The number of hydrogen-bond acceptors (Lipinski definition) is 5. The van der Waals surface area contributed by atoms with Crippen LogP contribution in [0.4, 0.5) is 5.82 Å². The van der Waals surface area contributed by atoms with Crippen LogP contribution in [0, 0.1) is 11.8 Å². The third-order valence-corrected chi connectivity index (χ3v) is 3.73. The molecule has 2 aromatic rings. The fraction of sp³-hybridized carbons (Fsp3) is 0.667. The second kappa shape index (κ2) is 4.88. The molecule has 2 unspecified atom stereocenters. The van der Waals surface area contributed by atoms with Crippen molar-refractivity contribution in [2.45, 2.75) is 32.6 Å². The van der Waals surface area contributed by atoms with Crippen molar-refractivity contribution >= 4 is 11.5 Å². The van der Waals surface area contributed by atoms with E-state index in [0.717, 1.165) is 24.2 Å². The molecule has 2 heterocycles. The van der Waals surface area contributed by atoms with E-state index in [0.29, 0.717) is 5.65 Å². The van der Waals surface area contributed by atoms with Gasteiger partial charge in [0.1, 0.15) is 5.82 Å². The molecule has 1 saturated carbocycles. The predicted octanol–water partition coefficient (Wildman–Crippen LogP) is 1.76. The van der Waals surface area contributed by atoms with Crippen LogP contribution < -0.4 is 5.32 Å². The van der Waals surface area contributed by atoms with E-state index in [9.17, 15) is 0 Å². The van der Waals surface area contributed by atoms with Gasteiger partial charge in [-0.15, -0.1) is 5.10 Å². The van der Waals surface area contributed by atoms with Crippen LogP contribution in [0.15, 0.2) is 12.4 Å². The van der Waals surface area contributed by atoms with Crippen LogP contribution in [-0.4, -0.2) is 31.6 Å². The Bertz CT molecular complexity index is 522. The highest BCUT2D eigenvalue weighted by Gasteiger charge is 2.18. The summed E-state index contributed by atoms with van der Waals surface area (Å²) in [6.45, 7) is 3.32. The number of aromatic nitrogens is 5. The Labute approximate surface area is 106 Å². The molecule has 3 rings (SSSR count). The highest BCUT2D eigenvalue weighted by Crippen LogP contribution is 2.28. The molecule has 18 heavy (non-hydrogen) atoms. The molecule has 0 bridgehead atoms. The molecular weight excluding hydrogens is 228 g/mol. The van der Waals surface area contributed by atoms with E-state index in [1.54, 1.807) is 16.9 Å². The molecule has 2 atom stereocenters. The van der Waals surface area contributed by atoms with Gasteiger partial charge in [0.15, 0.2) is 5.65 Å². The van der Waals surface area contributed by atoms with E-state index < -0.39 is 0 Å². The summed E-state index contributed by atoms with van der Waals surface area (Å²) in [5.41, 5.74) is 0.678. The lowest BCUT2D eigenvalue weighted by atomic mass is 9.82. The van der Waals surface area contributed by atoms with Gasteiger partial charge in [0.05, 0.1) is 12.4 Å². The van der Waals surface area contributed by atoms with Gasteiger partial charge in [0.2, 0.25) is 0 Å². The molecule has 0 saturated heterocycles. The van der Waals surface area contributed by atoms with Crippen LogP contribution in [0.5, 0.6) is 0 Å². The van der Waals surface area contributed by atoms with Gasteiger partial charge in [0.25, 0.3) is 0 Å². The summed E-state index contributed by atoms with van der Waals surface area (Å²) in [5.74, 6) is 2.48. The minimum atomic E-state index is 0.678. The predicted molar refractivity (Wildman–Crippen MR) is 68.2 cm³/mol. The van der Waals surface area contributed by atoms with E-state index in [4.69, 9.17) is 0 Å². The maximum Gasteiger partial charge on any atom is 0.199 e. The molecule has 1 aliphatic rings. The van der Waals surface area contributed by atoms with Gasteiger partial charge in [-0.25, -0.2) is 0 Å². The van der Waals surface area contributed by atoms with Crippen molar-refractivity contribution in [3.63, 3.8) is 0 Å². The maximum atomic E-state index is 4.14. The molecule has 6 heteroatoms. The number of hydrogen-bond donors (Lipinski definition) is 1. The molecule has 2 aromatic heterocycles. The van der Waals surface area contributed by atoms with Gasteiger partial charge in [0, 0.05) is 6.54 Å². The third-order valence-electron chi connectivity index (χ3n) is 3.73. The molecule has 1 aliphatic carbocycles. The lowest BCUT2D eigenvalue weighted by Crippen LogP contribution is -2.22.